The summed E-state index contributed by atoms with van der Waals surface area (Å²) >= 11 is 0. The number of piperidine rings is 1. The van der Waals surface area contributed by atoms with Crippen molar-refractivity contribution in [3.63, 3.8) is 0 Å². The van der Waals surface area contributed by atoms with Gasteiger partial charge in [0.2, 0.25) is 5.91 Å². The number of amides is 1. The lowest BCUT2D eigenvalue weighted by Crippen LogP contribution is -2.51. The van der Waals surface area contributed by atoms with E-state index in [1.165, 1.54) is 10.4 Å². The molecule has 0 unspecified atom stereocenters. The molecule has 9 heteroatoms. The van der Waals surface area contributed by atoms with Gasteiger partial charge in [-0.05, 0) is 30.0 Å². The number of nitrogens with two attached hydrogens (primary N) is 1. The molecule has 1 aromatic carbocycles. The molecule has 4 rings (SSSR count). The van der Waals surface area contributed by atoms with Crippen LogP contribution in [0.2, 0.25) is 0 Å². The molecule has 2 fully saturated rings. The van der Waals surface area contributed by atoms with Crippen molar-refractivity contribution in [1.82, 2.24) is 14.2 Å². The molecule has 2 aliphatic heterocycles. The van der Waals surface area contributed by atoms with Crippen molar-refractivity contribution in [2.45, 2.75) is 23.9 Å². The number of benzene rings is 1. The molecule has 1 aromatic heterocycles. The smallest absolute Gasteiger partial charge is 0.260 e. The van der Waals surface area contributed by atoms with Crippen LogP contribution in [0, 0.1) is 5.92 Å². The lowest BCUT2D eigenvalue weighted by Gasteiger charge is -2.39. The molecule has 2 aliphatic rings. The lowest BCUT2D eigenvalue weighted by molar-refractivity contribution is -0.141. The van der Waals surface area contributed by atoms with Crippen LogP contribution in [0.15, 0.2) is 53.6 Å². The van der Waals surface area contributed by atoms with E-state index in [9.17, 15) is 13.2 Å². The number of ether oxygens (including phenoxy) is 1. The van der Waals surface area contributed by atoms with Gasteiger partial charge in [0.05, 0.1) is 24.8 Å². The van der Waals surface area contributed by atoms with Crippen LogP contribution < -0.4 is 5.73 Å². The standard InChI is InChI=1S/C22H28N4O4S/c23-14-20-7-4-8-21(24-20)31(28,29)26-15-18(17-5-2-1-3-6-17)13-19(16-26)22(27)25-9-11-30-12-10-25/h1-8,18-19H,9-16,23H2/t18-,19+/m1/s1. The molecule has 0 radical (unpaired) electrons. The first-order valence-electron chi connectivity index (χ1n) is 10.6. The van der Waals surface area contributed by atoms with E-state index >= 15 is 0 Å². The highest BCUT2D eigenvalue weighted by Crippen LogP contribution is 2.34. The highest BCUT2D eigenvalue weighted by Gasteiger charge is 2.40. The van der Waals surface area contributed by atoms with Crippen LogP contribution in [0.25, 0.3) is 0 Å². The molecule has 2 atom stereocenters. The molecular weight excluding hydrogens is 416 g/mol. The first kappa shape index (κ1) is 21.9. The van der Waals surface area contributed by atoms with Gasteiger partial charge in [-0.3, -0.25) is 4.79 Å². The average Bonchev–Trinajstić information content (AvgIpc) is 2.84. The Hall–Kier alpha value is -2.33. The predicted octanol–water partition coefficient (Wildman–Crippen LogP) is 1.19. The number of carbonyl (C=O) groups is 1. The van der Waals surface area contributed by atoms with E-state index in [1.54, 1.807) is 17.0 Å². The largest absolute Gasteiger partial charge is 0.378 e. The van der Waals surface area contributed by atoms with Crippen LogP contribution in [0.4, 0.5) is 0 Å². The Morgan fingerprint density at radius 1 is 1.06 bits per heavy atom. The molecule has 2 aromatic rings. The molecule has 0 aliphatic carbocycles. The number of nitrogens with zero attached hydrogens (tertiary/aromatic N) is 3. The maximum Gasteiger partial charge on any atom is 0.260 e. The molecule has 166 valence electrons. The fraction of sp³-hybridized carbons (Fsp3) is 0.455. The maximum atomic E-state index is 13.5. The summed E-state index contributed by atoms with van der Waals surface area (Å²) < 4.78 is 33.7. The number of rotatable bonds is 5. The molecule has 0 spiro atoms. The lowest BCUT2D eigenvalue weighted by atomic mass is 9.85. The zero-order chi connectivity index (χ0) is 21.8. The Labute approximate surface area is 183 Å². The second kappa shape index (κ2) is 9.44. The van der Waals surface area contributed by atoms with Gasteiger partial charge < -0.3 is 15.4 Å². The zero-order valence-electron chi connectivity index (χ0n) is 17.4. The second-order valence-corrected chi connectivity index (χ2v) is 9.86. The number of hydrogen-bond donors (Lipinski definition) is 1. The number of aromatic nitrogens is 1. The van der Waals surface area contributed by atoms with Gasteiger partial charge in [0, 0.05) is 32.7 Å². The minimum Gasteiger partial charge on any atom is -0.378 e. The van der Waals surface area contributed by atoms with E-state index in [4.69, 9.17) is 10.5 Å². The van der Waals surface area contributed by atoms with Crippen LogP contribution >= 0.6 is 0 Å². The van der Waals surface area contributed by atoms with Crippen LogP contribution in [0.1, 0.15) is 23.6 Å². The van der Waals surface area contributed by atoms with Crippen LogP contribution in [0.3, 0.4) is 0 Å². The highest BCUT2D eigenvalue weighted by molar-refractivity contribution is 7.89. The quantitative estimate of drug-likeness (QED) is 0.743. The molecule has 0 saturated carbocycles. The maximum absolute atomic E-state index is 13.5. The van der Waals surface area contributed by atoms with Gasteiger partial charge in [-0.2, -0.15) is 4.31 Å². The van der Waals surface area contributed by atoms with Gasteiger partial charge >= 0.3 is 0 Å². The Bertz CT molecular complexity index is 1010. The molecule has 2 saturated heterocycles. The normalized spacial score (nSPS) is 22.9. The third-order valence-electron chi connectivity index (χ3n) is 5.95. The minimum absolute atomic E-state index is 0.00667. The molecule has 0 bridgehead atoms. The van der Waals surface area contributed by atoms with Crippen molar-refractivity contribution in [3.8, 4) is 0 Å². The SMILES string of the molecule is NCc1cccc(S(=O)(=O)N2C[C@@H](C(=O)N3CCOCC3)C[C@@H](c3ccccc3)C2)n1. The van der Waals surface area contributed by atoms with Gasteiger partial charge in [-0.25, -0.2) is 13.4 Å². The van der Waals surface area contributed by atoms with E-state index in [-0.39, 0.29) is 29.9 Å². The van der Waals surface area contributed by atoms with E-state index in [0.717, 1.165) is 5.56 Å². The van der Waals surface area contributed by atoms with E-state index < -0.39 is 15.9 Å². The summed E-state index contributed by atoms with van der Waals surface area (Å²) in [6.45, 7) is 2.73. The van der Waals surface area contributed by atoms with Crippen molar-refractivity contribution in [3.05, 3.63) is 59.8 Å². The summed E-state index contributed by atoms with van der Waals surface area (Å²) in [5.74, 6) is -0.491. The third kappa shape index (κ3) is 4.79. The third-order valence-corrected chi connectivity index (χ3v) is 7.69. The van der Waals surface area contributed by atoms with Gasteiger partial charge in [-0.15, -0.1) is 0 Å². The van der Waals surface area contributed by atoms with E-state index in [2.05, 4.69) is 4.98 Å². The molecule has 31 heavy (non-hydrogen) atoms. The van der Waals surface area contributed by atoms with Gasteiger partial charge in [0.15, 0.2) is 5.03 Å². The van der Waals surface area contributed by atoms with Crippen LogP contribution in [-0.4, -0.2) is 67.9 Å². The van der Waals surface area contributed by atoms with Crippen molar-refractivity contribution < 1.29 is 17.9 Å². The number of morpholine rings is 1. The van der Waals surface area contributed by atoms with Crippen molar-refractivity contribution in [2.24, 2.45) is 11.7 Å². The van der Waals surface area contributed by atoms with Gasteiger partial charge in [0.25, 0.3) is 10.0 Å². The predicted molar refractivity (Wildman–Crippen MR) is 116 cm³/mol. The fourth-order valence-electron chi connectivity index (χ4n) is 4.29. The summed E-state index contributed by atoms with van der Waals surface area (Å²) in [7, 11) is -3.86. The summed E-state index contributed by atoms with van der Waals surface area (Å²) in [5.41, 5.74) is 7.20. The zero-order valence-corrected chi connectivity index (χ0v) is 18.2. The van der Waals surface area contributed by atoms with Gasteiger partial charge in [0.1, 0.15) is 0 Å². The minimum atomic E-state index is -3.86. The van der Waals surface area contributed by atoms with Crippen LogP contribution in [-0.2, 0) is 26.1 Å². The fourth-order valence-corrected chi connectivity index (χ4v) is 5.79. The van der Waals surface area contributed by atoms with Crippen molar-refractivity contribution in [1.29, 1.82) is 0 Å². The molecule has 3 heterocycles. The van der Waals surface area contributed by atoms with Crippen LogP contribution in [0.5, 0.6) is 0 Å². The molecular formula is C22H28N4O4S. The van der Waals surface area contributed by atoms with Crippen molar-refractivity contribution in [2.75, 3.05) is 39.4 Å². The highest BCUT2D eigenvalue weighted by atomic mass is 32.2. The van der Waals surface area contributed by atoms with E-state index in [0.29, 0.717) is 45.0 Å². The first-order chi connectivity index (χ1) is 15.0. The summed E-state index contributed by atoms with van der Waals surface area (Å²) in [6, 6.07) is 14.6. The summed E-state index contributed by atoms with van der Waals surface area (Å²) in [4.78, 5) is 19.3. The number of sulfonamides is 1. The topological polar surface area (TPSA) is 106 Å². The first-order valence-corrected chi connectivity index (χ1v) is 12.0. The Morgan fingerprint density at radius 3 is 2.52 bits per heavy atom. The summed E-state index contributed by atoms with van der Waals surface area (Å²) in [5, 5.41) is -0.0262. The second-order valence-electron chi connectivity index (χ2n) is 7.97. The number of pyridine rings is 1. The Balaban J connectivity index is 1.64. The molecule has 8 nitrogen and oxygen atoms in total. The summed E-state index contributed by atoms with van der Waals surface area (Å²) in [6.07, 6.45) is 0.614. The molecule has 1 amide bonds. The Kier molecular flexibility index (Phi) is 6.66. The Morgan fingerprint density at radius 2 is 1.81 bits per heavy atom. The molecule has 2 N–H and O–H groups in total. The number of hydrogen-bond acceptors (Lipinski definition) is 6. The average molecular weight is 445 g/mol. The monoisotopic (exact) mass is 444 g/mol. The van der Waals surface area contributed by atoms with E-state index in [1.807, 2.05) is 30.3 Å². The van der Waals surface area contributed by atoms with Crippen molar-refractivity contribution >= 4 is 15.9 Å². The van der Waals surface area contributed by atoms with Gasteiger partial charge in [-0.1, -0.05) is 36.4 Å². The number of carbonyl (C=O) groups excluding carboxylic acids is 1.